The molecule has 0 heterocycles. The molecule has 0 aliphatic rings. The van der Waals surface area contributed by atoms with Crippen LogP contribution in [0.15, 0.2) is 22.7 Å². The number of carbonyl (C=O) groups excluding carboxylic acids is 1. The molecule has 1 aromatic rings. The second-order valence-electron chi connectivity index (χ2n) is 3.85. The van der Waals surface area contributed by atoms with E-state index >= 15 is 0 Å². The molecule has 17 heavy (non-hydrogen) atoms. The van der Waals surface area contributed by atoms with Crippen LogP contribution in [0.3, 0.4) is 0 Å². The van der Waals surface area contributed by atoms with Gasteiger partial charge in [0.15, 0.2) is 0 Å². The zero-order valence-electron chi connectivity index (χ0n) is 9.78. The number of nitrogens with two attached hydrogens (primary N) is 2. The number of methoxy groups -OCH3 is 1. The fraction of sp³-hybridized carbons (Fsp3) is 0.417. The van der Waals surface area contributed by atoms with Crippen LogP contribution < -0.4 is 16.2 Å². The molecular weight excluding hydrogens is 284 g/mol. The molecule has 94 valence electrons. The molecule has 0 spiro atoms. The summed E-state index contributed by atoms with van der Waals surface area (Å²) < 4.78 is 6.03. The van der Waals surface area contributed by atoms with Gasteiger partial charge in [-0.3, -0.25) is 4.79 Å². The summed E-state index contributed by atoms with van der Waals surface area (Å²) >= 11 is 3.46. The zero-order valence-corrected chi connectivity index (χ0v) is 11.4. The first-order chi connectivity index (χ1) is 8.04. The fourth-order valence-electron chi connectivity index (χ4n) is 1.59. The SMILES string of the molecule is COc1ccc(C(N)CCCC(N)=O)c(Br)c1. The third-order valence-electron chi connectivity index (χ3n) is 2.55. The third-order valence-corrected chi connectivity index (χ3v) is 3.23. The normalized spacial score (nSPS) is 12.2. The van der Waals surface area contributed by atoms with Gasteiger partial charge in [0, 0.05) is 16.9 Å². The summed E-state index contributed by atoms with van der Waals surface area (Å²) in [6, 6.07) is 5.57. The summed E-state index contributed by atoms with van der Waals surface area (Å²) in [5.74, 6) is 0.496. The van der Waals surface area contributed by atoms with Crippen LogP contribution in [0.1, 0.15) is 30.9 Å². The minimum Gasteiger partial charge on any atom is -0.497 e. The minimum atomic E-state index is -0.286. The zero-order chi connectivity index (χ0) is 12.8. The van der Waals surface area contributed by atoms with E-state index in [1.54, 1.807) is 7.11 Å². The number of hydrogen-bond acceptors (Lipinski definition) is 3. The first-order valence-corrected chi connectivity index (χ1v) is 6.21. The van der Waals surface area contributed by atoms with Crippen LogP contribution in [0.4, 0.5) is 0 Å². The van der Waals surface area contributed by atoms with Crippen molar-refractivity contribution in [3.8, 4) is 5.75 Å². The highest BCUT2D eigenvalue weighted by Gasteiger charge is 2.11. The van der Waals surface area contributed by atoms with E-state index in [1.807, 2.05) is 18.2 Å². The molecule has 0 fully saturated rings. The van der Waals surface area contributed by atoms with Gasteiger partial charge in [0.25, 0.3) is 0 Å². The summed E-state index contributed by atoms with van der Waals surface area (Å²) in [6.45, 7) is 0. The van der Waals surface area contributed by atoms with Gasteiger partial charge in [-0.25, -0.2) is 0 Å². The monoisotopic (exact) mass is 300 g/mol. The molecule has 0 saturated carbocycles. The molecule has 1 atom stereocenters. The molecule has 0 aliphatic heterocycles. The predicted molar refractivity (Wildman–Crippen MR) is 70.7 cm³/mol. The number of halogens is 1. The Morgan fingerprint density at radius 2 is 2.24 bits per heavy atom. The summed E-state index contributed by atoms with van der Waals surface area (Å²) in [4.78, 5) is 10.6. The van der Waals surface area contributed by atoms with Crippen molar-refractivity contribution in [1.29, 1.82) is 0 Å². The van der Waals surface area contributed by atoms with Gasteiger partial charge in [0.05, 0.1) is 7.11 Å². The van der Waals surface area contributed by atoms with Crippen molar-refractivity contribution in [3.63, 3.8) is 0 Å². The Morgan fingerprint density at radius 1 is 1.53 bits per heavy atom. The lowest BCUT2D eigenvalue weighted by Gasteiger charge is -2.14. The first-order valence-electron chi connectivity index (χ1n) is 5.42. The number of hydrogen-bond donors (Lipinski definition) is 2. The maximum Gasteiger partial charge on any atom is 0.217 e. The lowest BCUT2D eigenvalue weighted by atomic mass is 10.0. The minimum absolute atomic E-state index is 0.102. The standard InChI is InChI=1S/C12H17BrN2O2/c1-17-8-5-6-9(10(13)7-8)11(14)3-2-4-12(15)16/h5-7,11H,2-4,14H2,1H3,(H2,15,16). The van der Waals surface area contributed by atoms with Crippen LogP contribution in [0.25, 0.3) is 0 Å². The van der Waals surface area contributed by atoms with Crippen LogP contribution >= 0.6 is 15.9 Å². The number of primary amides is 1. The number of ether oxygens (including phenoxy) is 1. The van der Waals surface area contributed by atoms with Crippen molar-refractivity contribution in [3.05, 3.63) is 28.2 Å². The molecule has 0 bridgehead atoms. The Labute approximate surface area is 109 Å². The number of amides is 1. The molecule has 0 aliphatic carbocycles. The Hall–Kier alpha value is -1.07. The van der Waals surface area contributed by atoms with E-state index in [1.165, 1.54) is 0 Å². The van der Waals surface area contributed by atoms with Gasteiger partial charge in [0.2, 0.25) is 5.91 Å². The van der Waals surface area contributed by atoms with E-state index in [0.29, 0.717) is 12.8 Å². The highest BCUT2D eigenvalue weighted by molar-refractivity contribution is 9.10. The molecule has 1 aromatic carbocycles. The number of carbonyl (C=O) groups is 1. The maximum atomic E-state index is 10.6. The largest absolute Gasteiger partial charge is 0.497 e. The Kier molecular flexibility index (Phi) is 5.44. The van der Waals surface area contributed by atoms with Gasteiger partial charge in [-0.1, -0.05) is 22.0 Å². The topological polar surface area (TPSA) is 78.3 Å². The van der Waals surface area contributed by atoms with E-state index in [-0.39, 0.29) is 11.9 Å². The van der Waals surface area contributed by atoms with Crippen molar-refractivity contribution in [2.24, 2.45) is 11.5 Å². The van der Waals surface area contributed by atoms with Crippen LogP contribution in [-0.2, 0) is 4.79 Å². The molecule has 4 nitrogen and oxygen atoms in total. The van der Waals surface area contributed by atoms with E-state index in [9.17, 15) is 4.79 Å². The molecule has 4 N–H and O–H groups in total. The van der Waals surface area contributed by atoms with Gasteiger partial charge in [-0.2, -0.15) is 0 Å². The fourth-order valence-corrected chi connectivity index (χ4v) is 2.24. The van der Waals surface area contributed by atoms with Crippen LogP contribution in [0.2, 0.25) is 0 Å². The number of rotatable bonds is 6. The quantitative estimate of drug-likeness (QED) is 0.844. The summed E-state index contributed by atoms with van der Waals surface area (Å²) in [5, 5.41) is 0. The van der Waals surface area contributed by atoms with E-state index in [2.05, 4.69) is 15.9 Å². The molecule has 1 amide bonds. The predicted octanol–water partition coefficient (Wildman–Crippen LogP) is 2.11. The van der Waals surface area contributed by atoms with Gasteiger partial charge < -0.3 is 16.2 Å². The van der Waals surface area contributed by atoms with Crippen LogP contribution in [-0.4, -0.2) is 13.0 Å². The number of benzene rings is 1. The lowest BCUT2D eigenvalue weighted by Crippen LogP contribution is -2.14. The van der Waals surface area contributed by atoms with Crippen molar-refractivity contribution in [2.45, 2.75) is 25.3 Å². The molecule has 0 radical (unpaired) electrons. The van der Waals surface area contributed by atoms with Crippen LogP contribution in [0.5, 0.6) is 5.75 Å². The Balaban J connectivity index is 2.62. The molecule has 1 rings (SSSR count). The lowest BCUT2D eigenvalue weighted by molar-refractivity contribution is -0.118. The van der Waals surface area contributed by atoms with Gasteiger partial charge in [-0.05, 0) is 30.5 Å². The van der Waals surface area contributed by atoms with Gasteiger partial charge in [-0.15, -0.1) is 0 Å². The second-order valence-corrected chi connectivity index (χ2v) is 4.71. The van der Waals surface area contributed by atoms with Crippen molar-refractivity contribution in [2.75, 3.05) is 7.11 Å². The van der Waals surface area contributed by atoms with Gasteiger partial charge in [0.1, 0.15) is 5.75 Å². The van der Waals surface area contributed by atoms with Crippen molar-refractivity contribution >= 4 is 21.8 Å². The van der Waals surface area contributed by atoms with E-state index < -0.39 is 0 Å². The smallest absolute Gasteiger partial charge is 0.217 e. The average Bonchev–Trinajstić information content (AvgIpc) is 2.28. The molecule has 1 unspecified atom stereocenters. The highest BCUT2D eigenvalue weighted by Crippen LogP contribution is 2.28. The molecule has 0 saturated heterocycles. The molecule has 5 heteroatoms. The van der Waals surface area contributed by atoms with Crippen molar-refractivity contribution < 1.29 is 9.53 Å². The third kappa shape index (κ3) is 4.36. The highest BCUT2D eigenvalue weighted by atomic mass is 79.9. The summed E-state index contributed by atoms with van der Waals surface area (Å²) in [5.41, 5.74) is 12.1. The Morgan fingerprint density at radius 3 is 2.76 bits per heavy atom. The summed E-state index contributed by atoms with van der Waals surface area (Å²) in [7, 11) is 1.62. The van der Waals surface area contributed by atoms with Gasteiger partial charge >= 0.3 is 0 Å². The summed E-state index contributed by atoms with van der Waals surface area (Å²) in [6.07, 6.45) is 1.81. The Bertz CT molecular complexity index is 396. The first kappa shape index (κ1) is 14.0. The van der Waals surface area contributed by atoms with Crippen molar-refractivity contribution in [1.82, 2.24) is 0 Å². The second kappa shape index (κ2) is 6.61. The maximum absolute atomic E-state index is 10.6. The molecular formula is C12H17BrN2O2. The van der Waals surface area contributed by atoms with E-state index in [4.69, 9.17) is 16.2 Å². The average molecular weight is 301 g/mol. The van der Waals surface area contributed by atoms with Crippen LogP contribution in [0, 0.1) is 0 Å². The van der Waals surface area contributed by atoms with E-state index in [0.717, 1.165) is 22.2 Å². The molecule has 0 aromatic heterocycles.